The summed E-state index contributed by atoms with van der Waals surface area (Å²) in [5, 5.41) is 0. The summed E-state index contributed by atoms with van der Waals surface area (Å²) in [6, 6.07) is 13.2. The Morgan fingerprint density at radius 3 is 2.14 bits per heavy atom. The summed E-state index contributed by atoms with van der Waals surface area (Å²) < 4.78 is 38.0. The van der Waals surface area contributed by atoms with E-state index in [0.717, 1.165) is 6.54 Å². The van der Waals surface area contributed by atoms with Crippen LogP contribution in [0.5, 0.6) is 11.5 Å². The van der Waals surface area contributed by atoms with Crippen molar-refractivity contribution in [1.29, 1.82) is 0 Å². The number of piperazine rings is 1. The first kappa shape index (κ1) is 21.0. The Hall–Kier alpha value is -1.74. The van der Waals surface area contributed by atoms with Crippen molar-refractivity contribution < 1.29 is 17.9 Å². The fourth-order valence-electron chi connectivity index (χ4n) is 3.24. The van der Waals surface area contributed by atoms with Crippen LogP contribution in [-0.2, 0) is 16.6 Å². The lowest BCUT2D eigenvalue weighted by molar-refractivity contribution is 0.181. The molecule has 0 saturated carbocycles. The van der Waals surface area contributed by atoms with Crippen molar-refractivity contribution >= 4 is 21.8 Å². The number of thioether (sulfide) groups is 1. The number of hydrogen-bond donors (Lipinski definition) is 0. The average molecular weight is 423 g/mol. The number of ether oxygens (including phenoxy) is 2. The smallest absolute Gasteiger partial charge is 0.243 e. The van der Waals surface area contributed by atoms with Crippen LogP contribution in [0.15, 0.2) is 52.3 Å². The molecule has 0 aromatic heterocycles. The highest BCUT2D eigenvalue weighted by Crippen LogP contribution is 2.31. The Balaban J connectivity index is 1.64. The highest BCUT2D eigenvalue weighted by Gasteiger charge is 2.29. The maximum absolute atomic E-state index is 13.0. The van der Waals surface area contributed by atoms with Crippen LogP contribution in [0.3, 0.4) is 0 Å². The fraction of sp³-hybridized carbons (Fsp3) is 0.400. The van der Waals surface area contributed by atoms with E-state index < -0.39 is 10.0 Å². The Labute approximate surface area is 171 Å². The standard InChI is InChI=1S/C20H26N2O4S2/c1-25-19-9-8-18(14-20(19)26-2)28(23,24)22-12-10-21(11-13-22)15-16-4-6-17(27-3)7-5-16/h4-9,14H,10-13,15H2,1-3H3. The van der Waals surface area contributed by atoms with Crippen LogP contribution in [0, 0.1) is 0 Å². The molecule has 0 N–H and O–H groups in total. The molecule has 1 aliphatic rings. The van der Waals surface area contributed by atoms with Gasteiger partial charge in [-0.3, -0.25) is 4.90 Å². The zero-order valence-corrected chi connectivity index (χ0v) is 18.1. The van der Waals surface area contributed by atoms with Gasteiger partial charge >= 0.3 is 0 Å². The van der Waals surface area contributed by atoms with Crippen molar-refractivity contribution in [2.24, 2.45) is 0 Å². The molecule has 8 heteroatoms. The van der Waals surface area contributed by atoms with Crippen molar-refractivity contribution in [2.45, 2.75) is 16.3 Å². The number of methoxy groups -OCH3 is 2. The molecule has 1 heterocycles. The van der Waals surface area contributed by atoms with Gasteiger partial charge in [-0.05, 0) is 36.1 Å². The summed E-state index contributed by atoms with van der Waals surface area (Å²) >= 11 is 1.73. The quantitative estimate of drug-likeness (QED) is 0.640. The van der Waals surface area contributed by atoms with Crippen LogP contribution in [0.2, 0.25) is 0 Å². The van der Waals surface area contributed by atoms with Gasteiger partial charge in [0.1, 0.15) is 0 Å². The highest BCUT2D eigenvalue weighted by atomic mass is 32.2. The molecule has 0 atom stereocenters. The van der Waals surface area contributed by atoms with E-state index in [0.29, 0.717) is 37.7 Å². The lowest BCUT2D eigenvalue weighted by atomic mass is 10.2. The van der Waals surface area contributed by atoms with Gasteiger partial charge in [0.25, 0.3) is 0 Å². The second-order valence-corrected chi connectivity index (χ2v) is 9.36. The summed E-state index contributed by atoms with van der Waals surface area (Å²) in [5.74, 6) is 0.926. The molecule has 0 bridgehead atoms. The SMILES string of the molecule is COc1ccc(S(=O)(=O)N2CCN(Cc3ccc(SC)cc3)CC2)cc1OC. The van der Waals surface area contributed by atoms with Gasteiger partial charge in [0.2, 0.25) is 10.0 Å². The molecule has 0 unspecified atom stereocenters. The maximum atomic E-state index is 13.0. The fourth-order valence-corrected chi connectivity index (χ4v) is 5.09. The largest absolute Gasteiger partial charge is 0.493 e. The van der Waals surface area contributed by atoms with E-state index in [2.05, 4.69) is 35.4 Å². The van der Waals surface area contributed by atoms with Crippen molar-refractivity contribution in [2.75, 3.05) is 46.7 Å². The third kappa shape index (κ3) is 4.63. The molecule has 152 valence electrons. The first-order valence-corrected chi connectivity index (χ1v) is 11.7. The first-order valence-electron chi connectivity index (χ1n) is 9.05. The molecule has 1 saturated heterocycles. The van der Waals surface area contributed by atoms with E-state index in [1.807, 2.05) is 0 Å². The second kappa shape index (κ2) is 9.17. The minimum absolute atomic E-state index is 0.228. The van der Waals surface area contributed by atoms with Gasteiger partial charge in [0.05, 0.1) is 19.1 Å². The zero-order valence-electron chi connectivity index (χ0n) is 16.4. The molecule has 0 aliphatic carbocycles. The number of sulfonamides is 1. The molecular weight excluding hydrogens is 396 g/mol. The normalized spacial score (nSPS) is 16.1. The van der Waals surface area contributed by atoms with Crippen LogP contribution >= 0.6 is 11.8 Å². The molecular formula is C20H26N2O4S2. The lowest BCUT2D eigenvalue weighted by Gasteiger charge is -2.34. The van der Waals surface area contributed by atoms with Gasteiger partial charge in [-0.2, -0.15) is 4.31 Å². The van der Waals surface area contributed by atoms with E-state index in [1.165, 1.54) is 30.7 Å². The maximum Gasteiger partial charge on any atom is 0.243 e. The van der Waals surface area contributed by atoms with Crippen LogP contribution in [0.4, 0.5) is 0 Å². The Morgan fingerprint density at radius 1 is 0.929 bits per heavy atom. The Kier molecular flexibility index (Phi) is 6.87. The van der Waals surface area contributed by atoms with Gasteiger partial charge in [-0.15, -0.1) is 11.8 Å². The van der Waals surface area contributed by atoms with E-state index in [-0.39, 0.29) is 4.90 Å². The minimum Gasteiger partial charge on any atom is -0.493 e. The molecule has 0 radical (unpaired) electrons. The number of nitrogens with zero attached hydrogens (tertiary/aromatic N) is 2. The van der Waals surface area contributed by atoms with Crippen LogP contribution in [0.25, 0.3) is 0 Å². The second-order valence-electron chi connectivity index (χ2n) is 6.55. The molecule has 2 aromatic carbocycles. The Bertz CT molecular complexity index is 893. The molecule has 1 fully saturated rings. The highest BCUT2D eigenvalue weighted by molar-refractivity contribution is 7.98. The molecule has 6 nitrogen and oxygen atoms in total. The average Bonchev–Trinajstić information content (AvgIpc) is 2.74. The predicted molar refractivity (Wildman–Crippen MR) is 112 cm³/mol. The van der Waals surface area contributed by atoms with Crippen LogP contribution < -0.4 is 9.47 Å². The Morgan fingerprint density at radius 2 is 1.57 bits per heavy atom. The van der Waals surface area contributed by atoms with Crippen LogP contribution in [-0.4, -0.2) is 64.3 Å². The third-order valence-corrected chi connectivity index (χ3v) is 7.53. The van der Waals surface area contributed by atoms with Gasteiger partial charge in [0.15, 0.2) is 11.5 Å². The summed E-state index contributed by atoms with van der Waals surface area (Å²) in [4.78, 5) is 3.76. The lowest BCUT2D eigenvalue weighted by Crippen LogP contribution is -2.48. The van der Waals surface area contributed by atoms with Crippen molar-refractivity contribution in [1.82, 2.24) is 9.21 Å². The predicted octanol–water partition coefficient (Wildman–Crippen LogP) is 2.93. The van der Waals surface area contributed by atoms with Crippen molar-refractivity contribution in [3.63, 3.8) is 0 Å². The van der Waals surface area contributed by atoms with Crippen LogP contribution in [0.1, 0.15) is 5.56 Å². The summed E-state index contributed by atoms with van der Waals surface area (Å²) in [5.41, 5.74) is 1.24. The van der Waals surface area contributed by atoms with E-state index >= 15 is 0 Å². The number of rotatable bonds is 7. The van der Waals surface area contributed by atoms with E-state index in [1.54, 1.807) is 28.2 Å². The molecule has 2 aromatic rings. The minimum atomic E-state index is -3.56. The van der Waals surface area contributed by atoms with Crippen molar-refractivity contribution in [3.8, 4) is 11.5 Å². The summed E-state index contributed by atoms with van der Waals surface area (Å²) in [6.07, 6.45) is 2.06. The molecule has 1 aliphatic heterocycles. The monoisotopic (exact) mass is 422 g/mol. The molecule has 3 rings (SSSR count). The van der Waals surface area contributed by atoms with Gasteiger partial charge in [-0.25, -0.2) is 8.42 Å². The first-order chi connectivity index (χ1) is 13.5. The van der Waals surface area contributed by atoms with E-state index in [4.69, 9.17) is 9.47 Å². The van der Waals surface area contributed by atoms with Crippen molar-refractivity contribution in [3.05, 3.63) is 48.0 Å². The van der Waals surface area contributed by atoms with Gasteiger partial charge in [0, 0.05) is 43.7 Å². The topological polar surface area (TPSA) is 59.1 Å². The van der Waals surface area contributed by atoms with Gasteiger partial charge in [-0.1, -0.05) is 12.1 Å². The number of hydrogen-bond acceptors (Lipinski definition) is 6. The summed E-state index contributed by atoms with van der Waals surface area (Å²) in [7, 11) is -0.530. The van der Waals surface area contributed by atoms with Gasteiger partial charge < -0.3 is 9.47 Å². The molecule has 28 heavy (non-hydrogen) atoms. The zero-order chi connectivity index (χ0) is 20.1. The molecule has 0 amide bonds. The molecule has 0 spiro atoms. The third-order valence-electron chi connectivity index (χ3n) is 4.89. The van der Waals surface area contributed by atoms with E-state index in [9.17, 15) is 8.42 Å². The summed E-state index contributed by atoms with van der Waals surface area (Å²) in [6.45, 7) is 3.19. The number of benzene rings is 2.